The second kappa shape index (κ2) is 8.70. The van der Waals surface area contributed by atoms with Gasteiger partial charge < -0.3 is 18.6 Å². The summed E-state index contributed by atoms with van der Waals surface area (Å²) in [6.45, 7) is 4.37. The molecule has 1 aromatic heterocycles. The van der Waals surface area contributed by atoms with Crippen LogP contribution in [0.2, 0.25) is 0 Å². The molecule has 1 N–H and O–H groups in total. The third-order valence-electron chi connectivity index (χ3n) is 5.41. The van der Waals surface area contributed by atoms with Gasteiger partial charge in [-0.05, 0) is 56.3 Å². The van der Waals surface area contributed by atoms with Crippen LogP contribution < -0.4 is 14.8 Å². The van der Waals surface area contributed by atoms with Gasteiger partial charge in [0.25, 0.3) is 5.91 Å². The van der Waals surface area contributed by atoms with E-state index in [1.807, 2.05) is 13.8 Å². The first-order valence-electron chi connectivity index (χ1n) is 10.6. The van der Waals surface area contributed by atoms with Gasteiger partial charge in [-0.1, -0.05) is 5.10 Å². The molecule has 12 heteroatoms. The van der Waals surface area contributed by atoms with Crippen molar-refractivity contribution in [3.05, 3.63) is 48.0 Å². The molecule has 2 aliphatic heterocycles. The van der Waals surface area contributed by atoms with Crippen molar-refractivity contribution in [2.24, 2.45) is 0 Å². The van der Waals surface area contributed by atoms with Crippen LogP contribution in [0.25, 0.3) is 11.5 Å². The number of anilines is 1. The fourth-order valence-corrected chi connectivity index (χ4v) is 5.43. The van der Waals surface area contributed by atoms with E-state index in [1.165, 1.54) is 28.6 Å². The predicted molar refractivity (Wildman–Crippen MR) is 119 cm³/mol. The monoisotopic (exact) mass is 486 g/mol. The highest BCUT2D eigenvalue weighted by molar-refractivity contribution is 7.89. The van der Waals surface area contributed by atoms with Gasteiger partial charge in [-0.3, -0.25) is 10.1 Å². The molecular weight excluding hydrogens is 464 g/mol. The van der Waals surface area contributed by atoms with Crippen molar-refractivity contribution < 1.29 is 31.8 Å². The quantitative estimate of drug-likeness (QED) is 0.577. The normalized spacial score (nSPS) is 20.3. The third-order valence-corrected chi connectivity index (χ3v) is 7.25. The van der Waals surface area contributed by atoms with Gasteiger partial charge >= 0.3 is 6.01 Å². The molecule has 3 heterocycles. The molecule has 1 amide bonds. The fourth-order valence-electron chi connectivity index (χ4n) is 3.84. The van der Waals surface area contributed by atoms with Crippen LogP contribution in [0, 0.1) is 0 Å². The molecule has 2 atom stereocenters. The van der Waals surface area contributed by atoms with Crippen molar-refractivity contribution in [1.82, 2.24) is 14.5 Å². The number of nitrogens with one attached hydrogen (secondary N) is 1. The molecule has 34 heavy (non-hydrogen) atoms. The van der Waals surface area contributed by atoms with Gasteiger partial charge in [0.1, 0.15) is 0 Å². The maximum Gasteiger partial charge on any atom is 0.322 e. The van der Waals surface area contributed by atoms with E-state index in [0.29, 0.717) is 17.1 Å². The Bertz CT molecular complexity index is 1310. The van der Waals surface area contributed by atoms with Crippen LogP contribution in [0.4, 0.5) is 6.01 Å². The Kier molecular flexibility index (Phi) is 5.71. The van der Waals surface area contributed by atoms with E-state index in [1.54, 1.807) is 18.2 Å². The van der Waals surface area contributed by atoms with E-state index in [4.69, 9.17) is 18.6 Å². The Morgan fingerprint density at radius 1 is 1.00 bits per heavy atom. The summed E-state index contributed by atoms with van der Waals surface area (Å²) in [6.07, 6.45) is -0.388. The molecule has 1 saturated heterocycles. The van der Waals surface area contributed by atoms with Crippen LogP contribution in [-0.2, 0) is 14.8 Å². The first-order chi connectivity index (χ1) is 16.3. The van der Waals surface area contributed by atoms with Crippen LogP contribution in [0.5, 0.6) is 11.5 Å². The highest BCUT2D eigenvalue weighted by atomic mass is 32.2. The average Bonchev–Trinajstić information content (AvgIpc) is 3.47. The van der Waals surface area contributed by atoms with E-state index < -0.39 is 15.9 Å². The van der Waals surface area contributed by atoms with Crippen LogP contribution in [0.1, 0.15) is 24.2 Å². The molecule has 178 valence electrons. The summed E-state index contributed by atoms with van der Waals surface area (Å²) in [7, 11) is -3.70. The minimum absolute atomic E-state index is 0.0920. The molecule has 0 spiro atoms. The van der Waals surface area contributed by atoms with E-state index in [-0.39, 0.29) is 54.5 Å². The lowest BCUT2D eigenvalue weighted by molar-refractivity contribution is -0.0440. The van der Waals surface area contributed by atoms with Crippen molar-refractivity contribution in [2.45, 2.75) is 31.0 Å². The Labute approximate surface area is 195 Å². The Morgan fingerprint density at radius 3 is 2.44 bits per heavy atom. The molecule has 2 unspecified atom stereocenters. The predicted octanol–water partition coefficient (Wildman–Crippen LogP) is 2.52. The number of hydrogen-bond donors (Lipinski definition) is 1. The molecule has 11 nitrogen and oxygen atoms in total. The molecule has 1 fully saturated rings. The van der Waals surface area contributed by atoms with E-state index >= 15 is 0 Å². The van der Waals surface area contributed by atoms with E-state index in [9.17, 15) is 13.2 Å². The van der Waals surface area contributed by atoms with Gasteiger partial charge in [-0.15, -0.1) is 5.10 Å². The van der Waals surface area contributed by atoms with Crippen molar-refractivity contribution in [3.8, 4) is 23.0 Å². The van der Waals surface area contributed by atoms with Gasteiger partial charge in [-0.25, -0.2) is 8.42 Å². The summed E-state index contributed by atoms with van der Waals surface area (Å²) in [5.74, 6) is 0.875. The summed E-state index contributed by atoms with van der Waals surface area (Å²) in [5.41, 5.74) is 0.851. The zero-order valence-electron chi connectivity index (χ0n) is 18.4. The largest absolute Gasteiger partial charge is 0.454 e. The van der Waals surface area contributed by atoms with Gasteiger partial charge in [0.15, 0.2) is 11.5 Å². The van der Waals surface area contributed by atoms with Gasteiger partial charge in [-0.2, -0.15) is 4.31 Å². The number of nitrogens with zero attached hydrogens (tertiary/aromatic N) is 3. The van der Waals surface area contributed by atoms with Crippen molar-refractivity contribution in [3.63, 3.8) is 0 Å². The average molecular weight is 487 g/mol. The number of morpholine rings is 1. The number of sulfonamides is 1. The summed E-state index contributed by atoms with van der Waals surface area (Å²) in [5, 5.41) is 10.3. The highest BCUT2D eigenvalue weighted by Gasteiger charge is 2.32. The molecule has 0 saturated carbocycles. The maximum atomic E-state index is 13.0. The number of benzene rings is 2. The SMILES string of the molecule is CC1CN(S(=O)(=O)c2ccc(C(=O)Nc3nnc(-c4ccc5c(c4)OCO5)o3)cc2)CC(C)O1. The zero-order chi connectivity index (χ0) is 23.9. The molecule has 3 aromatic rings. The van der Waals surface area contributed by atoms with Gasteiger partial charge in [0.2, 0.25) is 22.7 Å². The molecule has 0 aliphatic carbocycles. The first kappa shape index (κ1) is 22.3. The lowest BCUT2D eigenvalue weighted by Crippen LogP contribution is -2.48. The minimum Gasteiger partial charge on any atom is -0.454 e. The summed E-state index contributed by atoms with van der Waals surface area (Å²) in [6, 6.07) is 10.8. The lowest BCUT2D eigenvalue weighted by atomic mass is 10.2. The van der Waals surface area contributed by atoms with Gasteiger partial charge in [0.05, 0.1) is 17.1 Å². The highest BCUT2D eigenvalue weighted by Crippen LogP contribution is 2.35. The molecular formula is C22H22N4O7S. The van der Waals surface area contributed by atoms with Crippen molar-refractivity contribution in [1.29, 1.82) is 0 Å². The first-order valence-corrected chi connectivity index (χ1v) is 12.0. The van der Waals surface area contributed by atoms with Gasteiger partial charge in [0, 0.05) is 24.2 Å². The summed E-state index contributed by atoms with van der Waals surface area (Å²) >= 11 is 0. The number of fused-ring (bicyclic) bond motifs is 1. The van der Waals surface area contributed by atoms with Crippen LogP contribution >= 0.6 is 0 Å². The number of rotatable bonds is 5. The number of ether oxygens (including phenoxy) is 3. The summed E-state index contributed by atoms with van der Waals surface area (Å²) < 4.78 is 49.1. The summed E-state index contributed by atoms with van der Waals surface area (Å²) in [4.78, 5) is 12.7. The zero-order valence-corrected chi connectivity index (χ0v) is 19.2. The topological polar surface area (TPSA) is 133 Å². The Balaban J connectivity index is 1.27. The molecule has 0 radical (unpaired) electrons. The maximum absolute atomic E-state index is 13.0. The Morgan fingerprint density at radius 2 is 1.71 bits per heavy atom. The fraction of sp³-hybridized carbons (Fsp3) is 0.318. The molecule has 2 aromatic carbocycles. The second-order valence-corrected chi connectivity index (χ2v) is 9.98. The smallest absolute Gasteiger partial charge is 0.322 e. The second-order valence-electron chi connectivity index (χ2n) is 8.04. The lowest BCUT2D eigenvalue weighted by Gasteiger charge is -2.34. The Hall–Kier alpha value is -3.48. The third kappa shape index (κ3) is 4.34. The van der Waals surface area contributed by atoms with E-state index in [2.05, 4.69) is 15.5 Å². The van der Waals surface area contributed by atoms with E-state index in [0.717, 1.165) is 0 Å². The number of hydrogen-bond acceptors (Lipinski definition) is 9. The molecule has 2 aliphatic rings. The van der Waals surface area contributed by atoms with Crippen molar-refractivity contribution >= 4 is 21.9 Å². The minimum atomic E-state index is -3.70. The number of amides is 1. The van der Waals surface area contributed by atoms with Crippen molar-refractivity contribution in [2.75, 3.05) is 25.2 Å². The standard InChI is InChI=1S/C22H22N4O7S/c1-13-10-26(11-14(2)32-13)34(28,29)17-6-3-15(4-7-17)20(27)23-22-25-24-21(33-22)16-5-8-18-19(9-16)31-12-30-18/h3-9,13-14H,10-12H2,1-2H3,(H,23,25,27). The molecule has 5 rings (SSSR count). The number of carbonyl (C=O) groups excluding carboxylic acids is 1. The van der Waals surface area contributed by atoms with Crippen LogP contribution in [-0.4, -0.2) is 60.9 Å². The number of aromatic nitrogens is 2. The number of carbonyl (C=O) groups is 1. The van der Waals surface area contributed by atoms with Crippen LogP contribution in [0.3, 0.4) is 0 Å². The van der Waals surface area contributed by atoms with Crippen LogP contribution in [0.15, 0.2) is 51.8 Å². The molecule has 0 bridgehead atoms.